The fraction of sp³-hybridized carbons (Fsp3) is 0.314. The lowest BCUT2D eigenvalue weighted by Crippen LogP contribution is -2.44. The van der Waals surface area contributed by atoms with Crippen LogP contribution in [0, 0.1) is 22.7 Å². The monoisotopic (exact) mass is 520 g/mol. The summed E-state index contributed by atoms with van der Waals surface area (Å²) in [6.07, 6.45) is 6.81. The van der Waals surface area contributed by atoms with Crippen LogP contribution >= 0.6 is 15.8 Å². The maximum Gasteiger partial charge on any atom is -0.0166 e. The van der Waals surface area contributed by atoms with E-state index in [4.69, 9.17) is 0 Å². The van der Waals surface area contributed by atoms with Gasteiger partial charge in [-0.25, -0.2) is 0 Å². The lowest BCUT2D eigenvalue weighted by molar-refractivity contribution is 0.121. The zero-order valence-electron chi connectivity index (χ0n) is 22.1. The fourth-order valence-corrected chi connectivity index (χ4v) is 13.8. The van der Waals surface area contributed by atoms with Crippen LogP contribution in [0.1, 0.15) is 33.1 Å². The van der Waals surface area contributed by atoms with Crippen molar-refractivity contribution in [2.24, 2.45) is 22.7 Å². The lowest BCUT2D eigenvalue weighted by Gasteiger charge is -2.47. The molecular formula is C35H38P2. The van der Waals surface area contributed by atoms with Gasteiger partial charge in [0.1, 0.15) is 0 Å². The molecule has 188 valence electrons. The number of rotatable bonds is 8. The first kappa shape index (κ1) is 25.0. The van der Waals surface area contributed by atoms with Gasteiger partial charge in [-0.2, -0.15) is 0 Å². The Morgan fingerprint density at radius 1 is 0.595 bits per heavy atom. The summed E-state index contributed by atoms with van der Waals surface area (Å²) in [6, 6.07) is 45.7. The number of hydrogen-bond donors (Lipinski definition) is 0. The molecule has 0 radical (unpaired) electrons. The molecule has 0 heterocycles. The van der Waals surface area contributed by atoms with Gasteiger partial charge in [-0.3, -0.25) is 0 Å². The molecule has 4 aromatic rings. The van der Waals surface area contributed by atoms with Crippen LogP contribution in [-0.2, 0) is 0 Å². The summed E-state index contributed by atoms with van der Waals surface area (Å²) >= 11 is 0. The summed E-state index contributed by atoms with van der Waals surface area (Å²) in [5.74, 6) is 1.61. The van der Waals surface area contributed by atoms with Crippen LogP contribution in [0.25, 0.3) is 0 Å². The molecule has 0 amide bonds. The van der Waals surface area contributed by atoms with Crippen molar-refractivity contribution in [3.8, 4) is 0 Å². The van der Waals surface area contributed by atoms with Crippen LogP contribution in [0.2, 0.25) is 0 Å². The van der Waals surface area contributed by atoms with Gasteiger partial charge in [-0.15, -0.1) is 0 Å². The number of hydrogen-bond acceptors (Lipinski definition) is 0. The fourth-order valence-electron chi connectivity index (χ4n) is 7.69. The van der Waals surface area contributed by atoms with Crippen molar-refractivity contribution >= 4 is 37.1 Å². The Morgan fingerprint density at radius 2 is 0.973 bits per heavy atom. The Morgan fingerprint density at radius 3 is 1.35 bits per heavy atom. The second kappa shape index (κ2) is 10.5. The second-order valence-electron chi connectivity index (χ2n) is 11.5. The van der Waals surface area contributed by atoms with Gasteiger partial charge in [0.25, 0.3) is 0 Å². The molecule has 2 saturated carbocycles. The van der Waals surface area contributed by atoms with Crippen LogP contribution in [0.3, 0.4) is 0 Å². The van der Waals surface area contributed by atoms with E-state index in [9.17, 15) is 0 Å². The standard InChI is InChI=1S/C35H38P2/c1-28-25-29-23-24-35(28,27-37(32-19-11-5-12-20-32)33-21-13-6-14-22-33)34(29,2)26-36(30-15-7-3-8-16-30)31-17-9-4-10-18-31/h3-22,28-29H,23-27H2,1-2H3/t28-,29-,34-,35-/m1/s1. The molecule has 4 atom stereocenters. The molecular weight excluding hydrogens is 482 g/mol. The quantitative estimate of drug-likeness (QED) is 0.209. The predicted molar refractivity (Wildman–Crippen MR) is 165 cm³/mol. The lowest BCUT2D eigenvalue weighted by atomic mass is 9.67. The van der Waals surface area contributed by atoms with E-state index in [-0.39, 0.29) is 0 Å². The maximum atomic E-state index is 2.71. The topological polar surface area (TPSA) is 0 Å². The van der Waals surface area contributed by atoms with Crippen molar-refractivity contribution < 1.29 is 0 Å². The van der Waals surface area contributed by atoms with Crippen molar-refractivity contribution in [3.05, 3.63) is 121 Å². The van der Waals surface area contributed by atoms with E-state index in [0.29, 0.717) is 10.8 Å². The van der Waals surface area contributed by atoms with Crippen LogP contribution in [0.15, 0.2) is 121 Å². The van der Waals surface area contributed by atoms with Crippen molar-refractivity contribution in [2.75, 3.05) is 12.3 Å². The molecule has 2 bridgehead atoms. The summed E-state index contributed by atoms with van der Waals surface area (Å²) in [5.41, 5.74) is 0.743. The van der Waals surface area contributed by atoms with E-state index in [0.717, 1.165) is 11.8 Å². The Labute approximate surface area is 226 Å². The predicted octanol–water partition coefficient (Wildman–Crippen LogP) is 7.69. The highest BCUT2D eigenvalue weighted by Gasteiger charge is 2.65. The van der Waals surface area contributed by atoms with Crippen molar-refractivity contribution in [2.45, 2.75) is 33.1 Å². The Hall–Kier alpha value is -2.26. The second-order valence-corrected chi connectivity index (χ2v) is 15.9. The molecule has 0 nitrogen and oxygen atoms in total. The van der Waals surface area contributed by atoms with Gasteiger partial charge in [0.05, 0.1) is 0 Å². The van der Waals surface area contributed by atoms with Gasteiger partial charge < -0.3 is 0 Å². The Bertz CT molecular complexity index is 1210. The minimum Gasteiger partial charge on any atom is -0.0622 e. The molecule has 0 aromatic heterocycles. The number of benzene rings is 4. The van der Waals surface area contributed by atoms with Gasteiger partial charge in [0.2, 0.25) is 0 Å². The third-order valence-corrected chi connectivity index (χ3v) is 15.3. The largest absolute Gasteiger partial charge is 0.0622 e. The highest BCUT2D eigenvalue weighted by molar-refractivity contribution is 7.73. The van der Waals surface area contributed by atoms with Crippen LogP contribution < -0.4 is 21.2 Å². The van der Waals surface area contributed by atoms with Gasteiger partial charge >= 0.3 is 0 Å². The molecule has 0 aliphatic heterocycles. The third-order valence-electron chi connectivity index (χ3n) is 9.76. The normalized spacial score (nSPS) is 26.7. The average molecular weight is 521 g/mol. The molecule has 2 aliphatic rings. The average Bonchev–Trinajstić information content (AvgIpc) is 3.34. The van der Waals surface area contributed by atoms with Crippen molar-refractivity contribution in [1.82, 2.24) is 0 Å². The number of fused-ring (bicyclic) bond motifs is 2. The third kappa shape index (κ3) is 4.52. The zero-order valence-corrected chi connectivity index (χ0v) is 23.9. The van der Waals surface area contributed by atoms with E-state index in [2.05, 4.69) is 135 Å². The minimum absolute atomic E-state index is 0.355. The highest BCUT2D eigenvalue weighted by atomic mass is 31.1. The Balaban J connectivity index is 1.42. The first-order valence-corrected chi connectivity index (χ1v) is 16.9. The zero-order chi connectivity index (χ0) is 25.3. The molecule has 4 aromatic carbocycles. The molecule has 0 unspecified atom stereocenters. The smallest absolute Gasteiger partial charge is 0.0166 e. The van der Waals surface area contributed by atoms with E-state index >= 15 is 0 Å². The molecule has 2 fully saturated rings. The molecule has 0 saturated heterocycles. The molecule has 2 heteroatoms. The van der Waals surface area contributed by atoms with Gasteiger partial charge in [0, 0.05) is 0 Å². The highest BCUT2D eigenvalue weighted by Crippen LogP contribution is 2.73. The Kier molecular flexibility index (Phi) is 7.09. The van der Waals surface area contributed by atoms with Gasteiger partial charge in [0.15, 0.2) is 0 Å². The van der Waals surface area contributed by atoms with Crippen molar-refractivity contribution in [3.63, 3.8) is 0 Å². The molecule has 37 heavy (non-hydrogen) atoms. The molecule has 6 rings (SSSR count). The van der Waals surface area contributed by atoms with E-state index in [1.54, 1.807) is 0 Å². The SMILES string of the molecule is C[C@@H]1C[C@H]2CC[C@]1(CP(c1ccccc1)c1ccccc1)[C@]2(C)CP(c1ccccc1)c1ccccc1. The van der Waals surface area contributed by atoms with E-state index in [1.807, 2.05) is 0 Å². The van der Waals surface area contributed by atoms with Crippen LogP contribution in [0.4, 0.5) is 0 Å². The first-order chi connectivity index (χ1) is 18.1. The molecule has 2 aliphatic carbocycles. The maximum absolute atomic E-state index is 2.71. The molecule has 0 N–H and O–H groups in total. The van der Waals surface area contributed by atoms with Gasteiger partial charge in [-0.1, -0.05) is 135 Å². The summed E-state index contributed by atoms with van der Waals surface area (Å²) in [7, 11) is -0.802. The van der Waals surface area contributed by atoms with E-state index in [1.165, 1.54) is 52.8 Å². The summed E-state index contributed by atoms with van der Waals surface area (Å²) in [5, 5.41) is 6.15. The van der Waals surface area contributed by atoms with Crippen molar-refractivity contribution in [1.29, 1.82) is 0 Å². The summed E-state index contributed by atoms with van der Waals surface area (Å²) < 4.78 is 0. The van der Waals surface area contributed by atoms with Crippen LogP contribution in [-0.4, -0.2) is 12.3 Å². The minimum atomic E-state index is -0.401. The van der Waals surface area contributed by atoms with E-state index < -0.39 is 15.8 Å². The molecule has 0 spiro atoms. The summed E-state index contributed by atoms with van der Waals surface area (Å²) in [4.78, 5) is 0. The van der Waals surface area contributed by atoms with Crippen LogP contribution in [0.5, 0.6) is 0 Å². The summed E-state index contributed by atoms with van der Waals surface area (Å²) in [6.45, 7) is 5.30. The first-order valence-electron chi connectivity index (χ1n) is 13.9. The van der Waals surface area contributed by atoms with Gasteiger partial charge in [-0.05, 0) is 91.3 Å².